The molecule has 3 heteroatoms. The molecule has 0 spiro atoms. The molecule has 0 amide bonds. The minimum absolute atomic E-state index is 0.616. The zero-order valence-corrected chi connectivity index (χ0v) is 10.7. The second kappa shape index (κ2) is 6.36. The third-order valence-corrected chi connectivity index (χ3v) is 3.18. The Morgan fingerprint density at radius 1 is 1.44 bits per heavy atom. The molecule has 1 N–H and O–H groups in total. The van der Waals surface area contributed by atoms with Crippen molar-refractivity contribution >= 4 is 5.84 Å². The zero-order valence-electron chi connectivity index (χ0n) is 10.7. The minimum Gasteiger partial charge on any atom is -0.392 e. The van der Waals surface area contributed by atoms with Crippen molar-refractivity contribution in [3.8, 4) is 0 Å². The molecule has 1 heterocycles. The number of hydrogen-bond donors (Lipinski definition) is 1. The van der Waals surface area contributed by atoms with Gasteiger partial charge in [0.25, 0.3) is 0 Å². The molecule has 0 bridgehead atoms. The third-order valence-electron chi connectivity index (χ3n) is 3.18. The molecule has 0 unspecified atom stereocenters. The Kier molecular flexibility index (Phi) is 5.09. The Labute approximate surface area is 98.9 Å². The van der Waals surface area contributed by atoms with E-state index < -0.39 is 0 Å². The molecular formula is C13H23N3. The van der Waals surface area contributed by atoms with Crippen LogP contribution in [0, 0.1) is 5.92 Å². The van der Waals surface area contributed by atoms with Crippen molar-refractivity contribution in [2.45, 2.75) is 19.8 Å². The van der Waals surface area contributed by atoms with Crippen molar-refractivity contribution in [2.75, 3.05) is 27.2 Å². The Hall–Kier alpha value is -1.25. The van der Waals surface area contributed by atoms with E-state index in [-0.39, 0.29) is 0 Å². The lowest BCUT2D eigenvalue weighted by molar-refractivity contribution is 0.286. The van der Waals surface area contributed by atoms with E-state index in [0.29, 0.717) is 5.92 Å². The van der Waals surface area contributed by atoms with Crippen molar-refractivity contribution in [3.05, 3.63) is 24.4 Å². The van der Waals surface area contributed by atoms with Gasteiger partial charge in [0.15, 0.2) is 0 Å². The van der Waals surface area contributed by atoms with E-state index in [0.717, 1.165) is 31.8 Å². The number of nitrogens with zero attached hydrogens (tertiary/aromatic N) is 2. The van der Waals surface area contributed by atoms with Crippen molar-refractivity contribution in [2.24, 2.45) is 10.9 Å². The lowest BCUT2D eigenvalue weighted by Crippen LogP contribution is -2.39. The van der Waals surface area contributed by atoms with Crippen LogP contribution in [0.5, 0.6) is 0 Å². The molecule has 0 aromatic carbocycles. The lowest BCUT2D eigenvalue weighted by atomic mass is 9.94. The summed E-state index contributed by atoms with van der Waals surface area (Å²) in [5, 5.41) is 3.16. The molecule has 0 aliphatic carbocycles. The number of likely N-dealkylation sites (tertiary alicyclic amines) is 1. The normalized spacial score (nSPS) is 19.2. The van der Waals surface area contributed by atoms with Gasteiger partial charge in [-0.05, 0) is 25.8 Å². The fourth-order valence-corrected chi connectivity index (χ4v) is 2.13. The second-order valence-electron chi connectivity index (χ2n) is 4.12. The highest BCUT2D eigenvalue weighted by atomic mass is 15.2. The van der Waals surface area contributed by atoms with E-state index in [2.05, 4.69) is 27.9 Å². The predicted molar refractivity (Wildman–Crippen MR) is 70.7 cm³/mol. The summed E-state index contributed by atoms with van der Waals surface area (Å²) in [5.41, 5.74) is 1.17. The van der Waals surface area contributed by atoms with Crippen LogP contribution in [0.2, 0.25) is 0 Å². The van der Waals surface area contributed by atoms with Crippen LogP contribution < -0.4 is 5.32 Å². The Morgan fingerprint density at radius 3 is 2.50 bits per heavy atom. The third kappa shape index (κ3) is 3.12. The predicted octanol–water partition coefficient (Wildman–Crippen LogP) is 2.04. The zero-order chi connectivity index (χ0) is 12.0. The fraction of sp³-hybridized carbons (Fsp3) is 0.615. The van der Waals surface area contributed by atoms with Gasteiger partial charge < -0.3 is 10.2 Å². The van der Waals surface area contributed by atoms with Gasteiger partial charge in [0.2, 0.25) is 0 Å². The standard InChI is InChI=1S/C13H23N3/c1-5-6-13(15-4)16-9-7-12(8-10-16)11(2)14-3/h5-6,12,14H,2,7-10H2,1,3-4H3/b6-5-,15-13+. The van der Waals surface area contributed by atoms with Crippen LogP contribution in [0.3, 0.4) is 0 Å². The van der Waals surface area contributed by atoms with Gasteiger partial charge in [-0.15, -0.1) is 0 Å². The second-order valence-corrected chi connectivity index (χ2v) is 4.12. The minimum atomic E-state index is 0.616. The molecule has 1 saturated heterocycles. The maximum Gasteiger partial charge on any atom is 0.122 e. The van der Waals surface area contributed by atoms with E-state index in [1.54, 1.807) is 0 Å². The maximum absolute atomic E-state index is 4.31. The molecule has 90 valence electrons. The summed E-state index contributed by atoms with van der Waals surface area (Å²) in [6.07, 6.45) is 6.45. The van der Waals surface area contributed by atoms with Crippen LogP contribution in [0.4, 0.5) is 0 Å². The number of hydrogen-bond acceptors (Lipinski definition) is 2. The molecule has 1 rings (SSSR count). The fourth-order valence-electron chi connectivity index (χ4n) is 2.13. The summed E-state index contributed by atoms with van der Waals surface area (Å²) in [6.45, 7) is 8.22. The first-order valence-electron chi connectivity index (χ1n) is 5.93. The van der Waals surface area contributed by atoms with E-state index in [1.165, 1.54) is 5.70 Å². The smallest absolute Gasteiger partial charge is 0.122 e. The van der Waals surface area contributed by atoms with Crippen LogP contribution in [-0.2, 0) is 0 Å². The van der Waals surface area contributed by atoms with Gasteiger partial charge in [-0.25, -0.2) is 0 Å². The van der Waals surface area contributed by atoms with Gasteiger partial charge in [-0.3, -0.25) is 4.99 Å². The van der Waals surface area contributed by atoms with E-state index in [9.17, 15) is 0 Å². The van der Waals surface area contributed by atoms with Gasteiger partial charge in [0, 0.05) is 38.8 Å². The lowest BCUT2D eigenvalue weighted by Gasteiger charge is -2.34. The molecule has 1 aliphatic rings. The SMILES string of the molecule is C=C(NC)C1CCN(C(/C=C\C)=N/C)CC1. The van der Waals surface area contributed by atoms with E-state index in [4.69, 9.17) is 0 Å². The molecule has 0 radical (unpaired) electrons. The topological polar surface area (TPSA) is 27.6 Å². The average Bonchev–Trinajstić information content (AvgIpc) is 2.35. The molecule has 1 fully saturated rings. The molecule has 0 aromatic heterocycles. The number of allylic oxidation sites excluding steroid dienone is 2. The summed E-state index contributed by atoms with van der Waals surface area (Å²) < 4.78 is 0. The first kappa shape index (κ1) is 12.8. The summed E-state index contributed by atoms with van der Waals surface area (Å²) in [5.74, 6) is 1.71. The molecule has 1 aliphatic heterocycles. The summed E-state index contributed by atoms with van der Waals surface area (Å²) in [7, 11) is 3.81. The quantitative estimate of drug-likeness (QED) is 0.583. The number of piperidine rings is 1. The first-order chi connectivity index (χ1) is 7.72. The summed E-state index contributed by atoms with van der Waals surface area (Å²) in [6, 6.07) is 0. The average molecular weight is 221 g/mol. The molecule has 0 atom stereocenters. The summed E-state index contributed by atoms with van der Waals surface area (Å²) in [4.78, 5) is 6.66. The molecule has 0 saturated carbocycles. The number of rotatable bonds is 3. The van der Waals surface area contributed by atoms with Crippen LogP contribution in [-0.4, -0.2) is 37.9 Å². The summed E-state index contributed by atoms with van der Waals surface area (Å²) >= 11 is 0. The van der Waals surface area contributed by atoms with Crippen LogP contribution >= 0.6 is 0 Å². The number of nitrogens with one attached hydrogen (secondary N) is 1. The van der Waals surface area contributed by atoms with Gasteiger partial charge in [0.05, 0.1) is 0 Å². The van der Waals surface area contributed by atoms with Gasteiger partial charge >= 0.3 is 0 Å². The first-order valence-corrected chi connectivity index (χ1v) is 5.93. The van der Waals surface area contributed by atoms with Crippen molar-refractivity contribution in [3.63, 3.8) is 0 Å². The Bertz CT molecular complexity index is 284. The van der Waals surface area contributed by atoms with Gasteiger partial charge in [0.1, 0.15) is 5.84 Å². The van der Waals surface area contributed by atoms with E-state index in [1.807, 2.05) is 27.1 Å². The van der Waals surface area contributed by atoms with Crippen LogP contribution in [0.1, 0.15) is 19.8 Å². The van der Waals surface area contributed by atoms with Crippen molar-refractivity contribution in [1.29, 1.82) is 0 Å². The Morgan fingerprint density at radius 2 is 2.06 bits per heavy atom. The number of aliphatic imine (C=N–C) groups is 1. The Balaban J connectivity index is 2.51. The van der Waals surface area contributed by atoms with Crippen molar-refractivity contribution in [1.82, 2.24) is 10.2 Å². The maximum atomic E-state index is 4.31. The van der Waals surface area contributed by atoms with E-state index >= 15 is 0 Å². The highest BCUT2D eigenvalue weighted by molar-refractivity contribution is 5.92. The largest absolute Gasteiger partial charge is 0.392 e. The molecular weight excluding hydrogens is 198 g/mol. The molecule has 0 aromatic rings. The number of amidine groups is 1. The monoisotopic (exact) mass is 221 g/mol. The van der Waals surface area contributed by atoms with Crippen molar-refractivity contribution < 1.29 is 0 Å². The molecule has 3 nitrogen and oxygen atoms in total. The van der Waals surface area contributed by atoms with Gasteiger partial charge in [-0.1, -0.05) is 12.7 Å². The highest BCUT2D eigenvalue weighted by Gasteiger charge is 2.21. The van der Waals surface area contributed by atoms with Gasteiger partial charge in [-0.2, -0.15) is 0 Å². The van der Waals surface area contributed by atoms with Crippen LogP contribution in [0.15, 0.2) is 29.4 Å². The highest BCUT2D eigenvalue weighted by Crippen LogP contribution is 2.22. The van der Waals surface area contributed by atoms with Crippen LogP contribution in [0.25, 0.3) is 0 Å². The molecule has 16 heavy (non-hydrogen) atoms.